The predicted octanol–water partition coefficient (Wildman–Crippen LogP) is 3.93. The van der Waals surface area contributed by atoms with Crippen molar-refractivity contribution in [3.05, 3.63) is 65.7 Å². The highest BCUT2D eigenvalue weighted by Gasteiger charge is 2.67. The number of carbonyl (C=O) groups is 3. The van der Waals surface area contributed by atoms with Gasteiger partial charge in [0.25, 0.3) is 0 Å². The number of benzene rings is 2. The first kappa shape index (κ1) is 19.5. The summed E-state index contributed by atoms with van der Waals surface area (Å²) in [5.74, 6) is 0.296. The SMILES string of the molecule is Cc1ccc(-c2ccc(OC(=O)CN3C(=O)[C@H]4[C@@H]5C=C[C@H]([C@H]6C[C@H]56)[C@@H]4C3=O)c(C)c2)cc1. The van der Waals surface area contributed by atoms with Crippen LogP contribution in [0.2, 0.25) is 0 Å². The van der Waals surface area contributed by atoms with Crippen molar-refractivity contribution in [1.29, 1.82) is 0 Å². The van der Waals surface area contributed by atoms with Crippen molar-refractivity contribution in [2.24, 2.45) is 35.5 Å². The molecule has 2 saturated carbocycles. The number of hydrogen-bond donors (Lipinski definition) is 0. The van der Waals surface area contributed by atoms with Gasteiger partial charge in [0.15, 0.2) is 0 Å². The molecule has 4 aliphatic carbocycles. The van der Waals surface area contributed by atoms with E-state index < -0.39 is 5.97 Å². The van der Waals surface area contributed by atoms with Crippen molar-refractivity contribution in [2.45, 2.75) is 20.3 Å². The molecule has 5 nitrogen and oxygen atoms in total. The van der Waals surface area contributed by atoms with Crippen molar-refractivity contribution in [3.8, 4) is 16.9 Å². The summed E-state index contributed by atoms with van der Waals surface area (Å²) < 4.78 is 5.57. The van der Waals surface area contributed by atoms with E-state index in [4.69, 9.17) is 4.74 Å². The van der Waals surface area contributed by atoms with Crippen LogP contribution in [0, 0.1) is 49.4 Å². The van der Waals surface area contributed by atoms with Crippen LogP contribution in [0.5, 0.6) is 5.75 Å². The normalized spacial score (nSPS) is 31.5. The number of rotatable bonds is 4. The first-order valence-corrected chi connectivity index (χ1v) is 11.3. The smallest absolute Gasteiger partial charge is 0.331 e. The Kier molecular flexibility index (Phi) is 4.19. The summed E-state index contributed by atoms with van der Waals surface area (Å²) in [7, 11) is 0. The number of esters is 1. The van der Waals surface area contributed by atoms with E-state index in [0.29, 0.717) is 17.6 Å². The second-order valence-electron chi connectivity index (χ2n) is 9.74. The Balaban J connectivity index is 1.16. The molecule has 5 heteroatoms. The lowest BCUT2D eigenvalue weighted by Gasteiger charge is -2.37. The number of ether oxygens (including phenoxy) is 1. The third-order valence-electron chi connectivity index (χ3n) is 7.82. The third-order valence-corrected chi connectivity index (χ3v) is 7.82. The van der Waals surface area contributed by atoms with Gasteiger partial charge in [-0.1, -0.05) is 48.0 Å². The molecular weight excluding hydrogens is 402 g/mol. The average Bonchev–Trinajstić information content (AvgIpc) is 3.57. The molecule has 32 heavy (non-hydrogen) atoms. The minimum atomic E-state index is -0.581. The molecule has 0 aromatic heterocycles. The summed E-state index contributed by atoms with van der Waals surface area (Å²) in [6.07, 6.45) is 5.38. The van der Waals surface area contributed by atoms with Gasteiger partial charge in [-0.3, -0.25) is 14.5 Å². The van der Waals surface area contributed by atoms with Crippen molar-refractivity contribution in [3.63, 3.8) is 0 Å². The van der Waals surface area contributed by atoms with Gasteiger partial charge in [0.05, 0.1) is 11.8 Å². The van der Waals surface area contributed by atoms with Crippen molar-refractivity contribution < 1.29 is 19.1 Å². The maximum Gasteiger partial charge on any atom is 0.331 e. The maximum absolute atomic E-state index is 13.0. The van der Waals surface area contributed by atoms with Crippen LogP contribution in [0.4, 0.5) is 0 Å². The largest absolute Gasteiger partial charge is 0.425 e. The highest BCUT2D eigenvalue weighted by atomic mass is 16.5. The molecule has 0 spiro atoms. The number of allylic oxidation sites excluding steroid dienone is 2. The van der Waals surface area contributed by atoms with Crippen LogP contribution in [0.25, 0.3) is 11.1 Å². The minimum Gasteiger partial charge on any atom is -0.425 e. The van der Waals surface area contributed by atoms with Gasteiger partial charge in [0.1, 0.15) is 12.3 Å². The molecule has 3 fully saturated rings. The molecule has 0 radical (unpaired) electrons. The molecule has 1 aliphatic heterocycles. The molecule has 6 atom stereocenters. The van der Waals surface area contributed by atoms with E-state index in [2.05, 4.69) is 36.4 Å². The topological polar surface area (TPSA) is 63.7 Å². The van der Waals surface area contributed by atoms with Crippen LogP contribution in [-0.4, -0.2) is 29.2 Å². The summed E-state index contributed by atoms with van der Waals surface area (Å²) in [5.41, 5.74) is 4.15. The third kappa shape index (κ3) is 2.87. The Hall–Kier alpha value is -3.21. The standard InChI is InChI=1S/C27H25NO4/c1-14-3-5-16(6-4-14)17-7-10-22(15(2)11-17)32-23(29)13-28-26(30)24-18-8-9-19(21-12-20(18)21)25(24)27(28)31/h3-11,18-21,24-25H,12-13H2,1-2H3/t18-,19-,20-,21-,24+,25+/m1/s1. The molecule has 2 aromatic rings. The number of amides is 2. The molecule has 2 aromatic carbocycles. The summed E-state index contributed by atoms with van der Waals surface area (Å²) >= 11 is 0. The highest BCUT2D eigenvalue weighted by Crippen LogP contribution is 2.65. The average molecular weight is 428 g/mol. The van der Waals surface area contributed by atoms with E-state index in [1.165, 1.54) is 5.56 Å². The van der Waals surface area contributed by atoms with Gasteiger partial charge < -0.3 is 4.74 Å². The van der Waals surface area contributed by atoms with E-state index in [0.717, 1.165) is 28.0 Å². The van der Waals surface area contributed by atoms with E-state index in [1.807, 2.05) is 26.0 Å². The van der Waals surface area contributed by atoms with Gasteiger partial charge in [-0.2, -0.15) is 0 Å². The lowest BCUT2D eigenvalue weighted by Crippen LogP contribution is -2.40. The van der Waals surface area contributed by atoms with Crippen molar-refractivity contribution in [2.75, 3.05) is 6.54 Å². The lowest BCUT2D eigenvalue weighted by atomic mass is 9.63. The Bertz CT molecular complexity index is 1140. The summed E-state index contributed by atoms with van der Waals surface area (Å²) in [4.78, 5) is 39.9. The molecule has 2 amide bonds. The molecule has 1 saturated heterocycles. The molecule has 1 heterocycles. The Morgan fingerprint density at radius 1 is 0.906 bits per heavy atom. The second kappa shape index (κ2) is 6.89. The molecule has 0 N–H and O–H groups in total. The van der Waals surface area contributed by atoms with E-state index in [9.17, 15) is 14.4 Å². The molecule has 162 valence electrons. The van der Waals surface area contributed by atoms with Crippen LogP contribution in [0.3, 0.4) is 0 Å². The van der Waals surface area contributed by atoms with Crippen molar-refractivity contribution in [1.82, 2.24) is 4.90 Å². The highest BCUT2D eigenvalue weighted by molar-refractivity contribution is 6.08. The molecular formula is C27H25NO4. The summed E-state index contributed by atoms with van der Waals surface area (Å²) in [6, 6.07) is 13.9. The Labute approximate surface area is 187 Å². The van der Waals surface area contributed by atoms with Crippen LogP contribution in [-0.2, 0) is 14.4 Å². The van der Waals surface area contributed by atoms with Crippen LogP contribution < -0.4 is 4.74 Å². The second-order valence-corrected chi connectivity index (χ2v) is 9.74. The van der Waals surface area contributed by atoms with Gasteiger partial charge in [0, 0.05) is 0 Å². The first-order valence-electron chi connectivity index (χ1n) is 11.3. The lowest BCUT2D eigenvalue weighted by molar-refractivity contribution is -0.148. The van der Waals surface area contributed by atoms with E-state index >= 15 is 0 Å². The molecule has 0 unspecified atom stereocenters. The monoisotopic (exact) mass is 427 g/mol. The number of likely N-dealkylation sites (tertiary alicyclic amines) is 1. The van der Waals surface area contributed by atoms with Crippen molar-refractivity contribution >= 4 is 17.8 Å². The Morgan fingerprint density at radius 2 is 1.50 bits per heavy atom. The molecule has 2 bridgehead atoms. The minimum absolute atomic E-state index is 0.157. The van der Waals surface area contributed by atoms with Gasteiger partial charge >= 0.3 is 5.97 Å². The maximum atomic E-state index is 13.0. The van der Waals surface area contributed by atoms with Gasteiger partial charge in [-0.05, 0) is 72.8 Å². The predicted molar refractivity (Wildman–Crippen MR) is 118 cm³/mol. The first-order chi connectivity index (χ1) is 15.4. The fraction of sp³-hybridized carbons (Fsp3) is 0.370. The zero-order valence-corrected chi connectivity index (χ0v) is 18.2. The van der Waals surface area contributed by atoms with Crippen LogP contribution >= 0.6 is 0 Å². The number of nitrogens with zero attached hydrogens (tertiary/aromatic N) is 1. The van der Waals surface area contributed by atoms with Gasteiger partial charge in [0.2, 0.25) is 11.8 Å². The van der Waals surface area contributed by atoms with Gasteiger partial charge in [-0.15, -0.1) is 0 Å². The summed E-state index contributed by atoms with van der Waals surface area (Å²) in [5, 5.41) is 0. The number of imide groups is 1. The summed E-state index contributed by atoms with van der Waals surface area (Å²) in [6.45, 7) is 3.61. The number of aryl methyl sites for hydroxylation is 2. The Morgan fingerprint density at radius 3 is 2.09 bits per heavy atom. The quantitative estimate of drug-likeness (QED) is 0.321. The molecule has 7 rings (SSSR count). The molecule has 5 aliphatic rings. The van der Waals surface area contributed by atoms with Crippen LogP contribution in [0.15, 0.2) is 54.6 Å². The number of hydrogen-bond acceptors (Lipinski definition) is 4. The fourth-order valence-corrected chi connectivity index (χ4v) is 6.15. The fourth-order valence-electron chi connectivity index (χ4n) is 6.15. The zero-order valence-electron chi connectivity index (χ0n) is 18.2. The van der Waals surface area contributed by atoms with E-state index in [-0.39, 0.29) is 42.0 Å². The van der Waals surface area contributed by atoms with Crippen LogP contribution in [0.1, 0.15) is 17.5 Å². The zero-order chi connectivity index (χ0) is 22.1. The number of carbonyl (C=O) groups excluding carboxylic acids is 3. The van der Waals surface area contributed by atoms with E-state index in [1.54, 1.807) is 6.07 Å². The van der Waals surface area contributed by atoms with Gasteiger partial charge in [-0.25, -0.2) is 4.79 Å².